The van der Waals surface area contributed by atoms with E-state index in [9.17, 15) is 13.2 Å². The molecular formula is C14H16F3N3O. The van der Waals surface area contributed by atoms with E-state index < -0.39 is 6.36 Å². The lowest BCUT2D eigenvalue weighted by molar-refractivity contribution is -0.274. The number of imidazole rings is 1. The molecule has 21 heavy (non-hydrogen) atoms. The molecule has 1 heterocycles. The Hall–Kier alpha value is -2.02. The minimum atomic E-state index is -4.65. The molecule has 7 heteroatoms. The second-order valence-corrected chi connectivity index (χ2v) is 4.57. The maximum absolute atomic E-state index is 12.0. The normalized spacial score (nSPS) is 11.6. The fraction of sp³-hybridized carbons (Fsp3) is 0.357. The molecule has 2 rings (SSSR count). The Morgan fingerprint density at radius 3 is 2.52 bits per heavy atom. The second kappa shape index (κ2) is 6.62. The molecule has 0 fully saturated rings. The average molecular weight is 299 g/mol. The molecule has 1 aromatic heterocycles. The fourth-order valence-corrected chi connectivity index (χ4v) is 1.88. The summed E-state index contributed by atoms with van der Waals surface area (Å²) >= 11 is 0. The zero-order valence-corrected chi connectivity index (χ0v) is 11.5. The van der Waals surface area contributed by atoms with Crippen LogP contribution in [0.2, 0.25) is 0 Å². The van der Waals surface area contributed by atoms with Crippen LogP contribution in [0.3, 0.4) is 0 Å². The number of alkyl halides is 3. The third-order valence-corrected chi connectivity index (χ3v) is 2.93. The molecule has 2 aromatic rings. The number of aryl methyl sites for hydroxylation is 1. The molecule has 0 radical (unpaired) electrons. The number of nitrogens with zero attached hydrogens (tertiary/aromatic N) is 2. The predicted octanol–water partition coefficient (Wildman–Crippen LogP) is 2.65. The predicted molar refractivity (Wildman–Crippen MR) is 71.7 cm³/mol. The summed E-state index contributed by atoms with van der Waals surface area (Å²) in [6.07, 6.45) is -0.232. The molecule has 114 valence electrons. The Labute approximate surface area is 120 Å². The largest absolute Gasteiger partial charge is 0.573 e. The number of hydrogen-bond donors (Lipinski definition) is 1. The van der Waals surface area contributed by atoms with Gasteiger partial charge in [-0.2, -0.15) is 0 Å². The SMILES string of the molecule is Cn1ccnc1CCNCc1ccc(OC(F)(F)F)cc1. The molecule has 0 amide bonds. The van der Waals surface area contributed by atoms with Gasteiger partial charge in [0.2, 0.25) is 0 Å². The van der Waals surface area contributed by atoms with E-state index in [1.165, 1.54) is 12.1 Å². The van der Waals surface area contributed by atoms with Gasteiger partial charge in [-0.05, 0) is 17.7 Å². The second-order valence-electron chi connectivity index (χ2n) is 4.57. The Morgan fingerprint density at radius 1 is 1.24 bits per heavy atom. The van der Waals surface area contributed by atoms with E-state index in [0.717, 1.165) is 24.4 Å². The van der Waals surface area contributed by atoms with Crippen molar-refractivity contribution in [3.63, 3.8) is 0 Å². The van der Waals surface area contributed by atoms with Crippen molar-refractivity contribution in [3.8, 4) is 5.75 Å². The number of nitrogens with one attached hydrogen (secondary N) is 1. The summed E-state index contributed by atoms with van der Waals surface area (Å²) < 4.78 is 41.8. The molecule has 1 N–H and O–H groups in total. The van der Waals surface area contributed by atoms with Crippen LogP contribution in [0, 0.1) is 0 Å². The van der Waals surface area contributed by atoms with Gasteiger partial charge in [0.15, 0.2) is 0 Å². The lowest BCUT2D eigenvalue weighted by Gasteiger charge is -2.09. The van der Waals surface area contributed by atoms with Crippen LogP contribution in [0.5, 0.6) is 5.75 Å². The van der Waals surface area contributed by atoms with Gasteiger partial charge in [0.1, 0.15) is 11.6 Å². The van der Waals surface area contributed by atoms with Gasteiger partial charge in [0.05, 0.1) is 0 Å². The molecule has 0 unspecified atom stereocenters. The van der Waals surface area contributed by atoms with Crippen molar-refractivity contribution in [3.05, 3.63) is 48.0 Å². The minimum Gasteiger partial charge on any atom is -0.406 e. The fourth-order valence-electron chi connectivity index (χ4n) is 1.88. The zero-order chi connectivity index (χ0) is 15.3. The first-order valence-corrected chi connectivity index (χ1v) is 6.45. The van der Waals surface area contributed by atoms with E-state index in [-0.39, 0.29) is 5.75 Å². The standard InChI is InChI=1S/C14H16F3N3O/c1-20-9-8-19-13(20)6-7-18-10-11-2-4-12(5-3-11)21-14(15,16)17/h2-5,8-9,18H,6-7,10H2,1H3. The van der Waals surface area contributed by atoms with Crippen molar-refractivity contribution < 1.29 is 17.9 Å². The number of ether oxygens (including phenoxy) is 1. The van der Waals surface area contributed by atoms with E-state index in [1.807, 2.05) is 17.8 Å². The van der Waals surface area contributed by atoms with Crippen molar-refractivity contribution >= 4 is 0 Å². The highest BCUT2D eigenvalue weighted by atomic mass is 19.4. The van der Waals surface area contributed by atoms with Gasteiger partial charge >= 0.3 is 6.36 Å². The summed E-state index contributed by atoms with van der Waals surface area (Å²) in [5.41, 5.74) is 0.893. The number of benzene rings is 1. The molecule has 0 aliphatic heterocycles. The topological polar surface area (TPSA) is 39.1 Å². The van der Waals surface area contributed by atoms with Crippen molar-refractivity contribution in [2.75, 3.05) is 6.54 Å². The highest BCUT2D eigenvalue weighted by Crippen LogP contribution is 2.22. The summed E-state index contributed by atoms with van der Waals surface area (Å²) in [5.74, 6) is 0.774. The zero-order valence-electron chi connectivity index (χ0n) is 11.5. The summed E-state index contributed by atoms with van der Waals surface area (Å²) in [5, 5.41) is 3.22. The van der Waals surface area contributed by atoms with Crippen molar-refractivity contribution in [1.29, 1.82) is 0 Å². The molecule has 0 saturated heterocycles. The molecule has 0 aliphatic carbocycles. The van der Waals surface area contributed by atoms with E-state index in [1.54, 1.807) is 18.3 Å². The van der Waals surface area contributed by atoms with E-state index in [2.05, 4.69) is 15.0 Å². The molecule has 0 spiro atoms. The first-order valence-electron chi connectivity index (χ1n) is 6.45. The van der Waals surface area contributed by atoms with Crippen LogP contribution < -0.4 is 10.1 Å². The van der Waals surface area contributed by atoms with Gasteiger partial charge in [0, 0.05) is 39.0 Å². The number of aromatic nitrogens is 2. The van der Waals surface area contributed by atoms with Gasteiger partial charge in [-0.15, -0.1) is 13.2 Å². The van der Waals surface area contributed by atoms with E-state index >= 15 is 0 Å². The van der Waals surface area contributed by atoms with E-state index in [4.69, 9.17) is 0 Å². The van der Waals surface area contributed by atoms with Gasteiger partial charge in [0.25, 0.3) is 0 Å². The Kier molecular flexibility index (Phi) is 4.85. The highest BCUT2D eigenvalue weighted by Gasteiger charge is 2.30. The molecule has 1 aromatic carbocycles. The molecule has 0 saturated carbocycles. The Balaban J connectivity index is 1.75. The first-order chi connectivity index (χ1) is 9.94. The first kappa shape index (κ1) is 15.4. The lowest BCUT2D eigenvalue weighted by atomic mass is 10.2. The summed E-state index contributed by atoms with van der Waals surface area (Å²) in [6, 6.07) is 5.83. The van der Waals surface area contributed by atoms with Gasteiger partial charge in [-0.3, -0.25) is 0 Å². The molecule has 0 aliphatic rings. The van der Waals surface area contributed by atoms with E-state index in [0.29, 0.717) is 6.54 Å². The molecule has 0 atom stereocenters. The summed E-state index contributed by atoms with van der Waals surface area (Å²) in [7, 11) is 1.93. The van der Waals surface area contributed by atoms with Gasteiger partial charge in [-0.1, -0.05) is 12.1 Å². The molecular weight excluding hydrogens is 283 g/mol. The van der Waals surface area contributed by atoms with Crippen LogP contribution in [0.15, 0.2) is 36.7 Å². The van der Waals surface area contributed by atoms with Crippen molar-refractivity contribution in [2.24, 2.45) is 7.05 Å². The number of halogens is 3. The maximum atomic E-state index is 12.0. The third kappa shape index (κ3) is 5.11. The maximum Gasteiger partial charge on any atom is 0.573 e. The highest BCUT2D eigenvalue weighted by molar-refractivity contribution is 5.27. The molecule has 0 bridgehead atoms. The van der Waals surface area contributed by atoms with Crippen molar-refractivity contribution in [1.82, 2.24) is 14.9 Å². The third-order valence-electron chi connectivity index (χ3n) is 2.93. The van der Waals surface area contributed by atoms with Crippen LogP contribution in [0.4, 0.5) is 13.2 Å². The van der Waals surface area contributed by atoms with Gasteiger partial charge in [-0.25, -0.2) is 4.98 Å². The minimum absolute atomic E-state index is 0.209. The smallest absolute Gasteiger partial charge is 0.406 e. The lowest BCUT2D eigenvalue weighted by Crippen LogP contribution is -2.18. The van der Waals surface area contributed by atoms with Crippen LogP contribution in [0.25, 0.3) is 0 Å². The Morgan fingerprint density at radius 2 is 1.95 bits per heavy atom. The number of hydrogen-bond acceptors (Lipinski definition) is 3. The Bertz CT molecular complexity index is 564. The molecule has 4 nitrogen and oxygen atoms in total. The van der Waals surface area contributed by atoms with Crippen molar-refractivity contribution in [2.45, 2.75) is 19.3 Å². The van der Waals surface area contributed by atoms with Crippen LogP contribution in [0.1, 0.15) is 11.4 Å². The van der Waals surface area contributed by atoms with Crippen LogP contribution in [-0.4, -0.2) is 22.5 Å². The number of rotatable bonds is 6. The summed E-state index contributed by atoms with van der Waals surface area (Å²) in [6.45, 7) is 1.32. The summed E-state index contributed by atoms with van der Waals surface area (Å²) in [4.78, 5) is 4.21. The van der Waals surface area contributed by atoms with Crippen LogP contribution in [-0.2, 0) is 20.0 Å². The monoisotopic (exact) mass is 299 g/mol. The van der Waals surface area contributed by atoms with Gasteiger partial charge < -0.3 is 14.6 Å². The van der Waals surface area contributed by atoms with Crippen LogP contribution >= 0.6 is 0 Å². The average Bonchev–Trinajstić information content (AvgIpc) is 2.80. The quantitative estimate of drug-likeness (QED) is 0.834.